The molecule has 1 aliphatic heterocycles. The maximum Gasteiger partial charge on any atom is 0.157 e. The van der Waals surface area contributed by atoms with Crippen LogP contribution in [0.25, 0.3) is 27.0 Å². The molecule has 0 saturated heterocycles. The number of nitrogens with one attached hydrogen (secondary N) is 1. The fourth-order valence-corrected chi connectivity index (χ4v) is 4.39. The molecule has 1 aliphatic carbocycles. The van der Waals surface area contributed by atoms with Gasteiger partial charge in [-0.15, -0.1) is 11.3 Å². The summed E-state index contributed by atoms with van der Waals surface area (Å²) in [4.78, 5) is 14.0. The normalized spacial score (nSPS) is 21.7. The molecule has 0 amide bonds. The first-order chi connectivity index (χ1) is 12.4. The van der Waals surface area contributed by atoms with Gasteiger partial charge in [-0.2, -0.15) is 0 Å². The van der Waals surface area contributed by atoms with E-state index in [4.69, 9.17) is 9.97 Å². The van der Waals surface area contributed by atoms with E-state index in [1.54, 1.807) is 11.3 Å². The van der Waals surface area contributed by atoms with Crippen molar-refractivity contribution in [3.63, 3.8) is 0 Å². The minimum Gasteiger partial charge on any atom is -0.390 e. The van der Waals surface area contributed by atoms with Crippen LogP contribution >= 0.6 is 11.3 Å². The van der Waals surface area contributed by atoms with Crippen molar-refractivity contribution < 1.29 is 0 Å². The summed E-state index contributed by atoms with van der Waals surface area (Å²) < 4.78 is 1.12. The van der Waals surface area contributed by atoms with Crippen LogP contribution in [0, 0.1) is 5.41 Å². The van der Waals surface area contributed by atoms with Gasteiger partial charge in [0.25, 0.3) is 0 Å². The Kier molecular flexibility index (Phi) is 3.28. The van der Waals surface area contributed by atoms with Crippen molar-refractivity contribution in [2.75, 3.05) is 6.54 Å². The van der Waals surface area contributed by atoms with Gasteiger partial charge in [-0.3, -0.25) is 4.98 Å². The van der Waals surface area contributed by atoms with Crippen LogP contribution in [0.1, 0.15) is 12.2 Å². The SMILES string of the molecule is C1=CCC2(C=CNC2)C(c2nc(-c3ccncc3)c3sccc3n2)=C1. The average Bonchev–Trinajstić information content (AvgIpc) is 3.32. The lowest BCUT2D eigenvalue weighted by Crippen LogP contribution is -2.27. The Morgan fingerprint density at radius 2 is 2.04 bits per heavy atom. The van der Waals surface area contributed by atoms with E-state index in [-0.39, 0.29) is 5.41 Å². The minimum absolute atomic E-state index is 0.0477. The van der Waals surface area contributed by atoms with E-state index in [1.807, 2.05) is 30.7 Å². The number of rotatable bonds is 2. The second kappa shape index (κ2) is 5.63. The zero-order valence-corrected chi connectivity index (χ0v) is 14.3. The maximum atomic E-state index is 4.99. The number of aromatic nitrogens is 3. The molecule has 1 N–H and O–H groups in total. The molecule has 1 spiro atoms. The number of fused-ring (bicyclic) bond motifs is 1. The summed E-state index contributed by atoms with van der Waals surface area (Å²) in [6, 6.07) is 6.09. The highest BCUT2D eigenvalue weighted by Crippen LogP contribution is 2.43. The summed E-state index contributed by atoms with van der Waals surface area (Å²) in [7, 11) is 0. The molecule has 4 heterocycles. The molecule has 1 unspecified atom stereocenters. The van der Waals surface area contributed by atoms with Crippen molar-refractivity contribution in [2.24, 2.45) is 5.41 Å². The molecule has 5 heteroatoms. The molecule has 0 saturated carbocycles. The van der Waals surface area contributed by atoms with Gasteiger partial charge in [-0.05, 0) is 36.2 Å². The van der Waals surface area contributed by atoms with E-state index in [0.717, 1.165) is 40.3 Å². The molecule has 122 valence electrons. The van der Waals surface area contributed by atoms with E-state index in [2.05, 4.69) is 46.1 Å². The molecule has 5 rings (SSSR count). The van der Waals surface area contributed by atoms with Gasteiger partial charge in [-0.25, -0.2) is 9.97 Å². The Hall–Kier alpha value is -2.79. The van der Waals surface area contributed by atoms with Gasteiger partial charge < -0.3 is 5.32 Å². The van der Waals surface area contributed by atoms with Crippen molar-refractivity contribution >= 4 is 27.1 Å². The number of hydrogen-bond donors (Lipinski definition) is 1. The summed E-state index contributed by atoms with van der Waals surface area (Å²) in [6.45, 7) is 0.888. The van der Waals surface area contributed by atoms with Crippen molar-refractivity contribution in [3.8, 4) is 11.3 Å². The van der Waals surface area contributed by atoms with Gasteiger partial charge in [0, 0.05) is 35.5 Å². The minimum atomic E-state index is -0.0477. The third-order valence-corrected chi connectivity index (χ3v) is 5.76. The molecular weight excluding hydrogens is 328 g/mol. The van der Waals surface area contributed by atoms with E-state index in [0.29, 0.717) is 0 Å². The lowest BCUT2D eigenvalue weighted by Gasteiger charge is -2.30. The van der Waals surface area contributed by atoms with Gasteiger partial charge in [0.2, 0.25) is 0 Å². The number of nitrogens with zero attached hydrogens (tertiary/aromatic N) is 3. The van der Waals surface area contributed by atoms with Crippen LogP contribution in [-0.4, -0.2) is 21.5 Å². The van der Waals surface area contributed by atoms with E-state index >= 15 is 0 Å². The fourth-order valence-electron chi connectivity index (χ4n) is 3.55. The van der Waals surface area contributed by atoms with Crippen molar-refractivity contribution in [2.45, 2.75) is 6.42 Å². The Morgan fingerprint density at radius 3 is 2.88 bits per heavy atom. The quantitative estimate of drug-likeness (QED) is 0.757. The van der Waals surface area contributed by atoms with Crippen molar-refractivity contribution in [3.05, 3.63) is 72.3 Å². The van der Waals surface area contributed by atoms with Gasteiger partial charge >= 0.3 is 0 Å². The monoisotopic (exact) mass is 344 g/mol. The van der Waals surface area contributed by atoms with Crippen LogP contribution in [0.4, 0.5) is 0 Å². The van der Waals surface area contributed by atoms with Crippen LogP contribution in [0.5, 0.6) is 0 Å². The highest BCUT2D eigenvalue weighted by molar-refractivity contribution is 7.17. The van der Waals surface area contributed by atoms with Crippen LogP contribution in [-0.2, 0) is 0 Å². The third-order valence-electron chi connectivity index (χ3n) is 4.85. The Balaban J connectivity index is 1.74. The van der Waals surface area contributed by atoms with Gasteiger partial charge in [0.05, 0.1) is 15.9 Å². The zero-order valence-electron chi connectivity index (χ0n) is 13.5. The molecule has 2 aliphatic rings. The first kappa shape index (κ1) is 14.5. The first-order valence-corrected chi connectivity index (χ1v) is 9.18. The second-order valence-corrected chi connectivity index (χ2v) is 7.27. The van der Waals surface area contributed by atoms with Crippen LogP contribution in [0.3, 0.4) is 0 Å². The molecule has 0 aromatic carbocycles. The molecule has 3 aromatic heterocycles. The maximum absolute atomic E-state index is 4.99. The molecule has 4 nitrogen and oxygen atoms in total. The van der Waals surface area contributed by atoms with E-state index < -0.39 is 0 Å². The highest BCUT2D eigenvalue weighted by atomic mass is 32.1. The summed E-state index contributed by atoms with van der Waals surface area (Å²) in [6.07, 6.45) is 15.4. The summed E-state index contributed by atoms with van der Waals surface area (Å²) in [5, 5.41) is 5.42. The third kappa shape index (κ3) is 2.31. The smallest absolute Gasteiger partial charge is 0.157 e. The van der Waals surface area contributed by atoms with Crippen molar-refractivity contribution in [1.29, 1.82) is 0 Å². The Labute approximate surface area is 149 Å². The summed E-state index contributed by atoms with van der Waals surface area (Å²) in [5.74, 6) is 0.815. The average molecular weight is 344 g/mol. The van der Waals surface area contributed by atoms with E-state index in [1.165, 1.54) is 5.57 Å². The van der Waals surface area contributed by atoms with Gasteiger partial charge in [0.1, 0.15) is 0 Å². The summed E-state index contributed by atoms with van der Waals surface area (Å²) >= 11 is 1.68. The molecule has 0 fully saturated rings. The molecule has 0 bridgehead atoms. The number of pyridine rings is 1. The lowest BCUT2D eigenvalue weighted by molar-refractivity contribution is 0.526. The number of hydrogen-bond acceptors (Lipinski definition) is 5. The van der Waals surface area contributed by atoms with Crippen molar-refractivity contribution in [1.82, 2.24) is 20.3 Å². The molecule has 1 atom stereocenters. The van der Waals surface area contributed by atoms with Gasteiger partial charge in [-0.1, -0.05) is 24.3 Å². The summed E-state index contributed by atoms with van der Waals surface area (Å²) in [5.41, 5.74) is 4.20. The lowest BCUT2D eigenvalue weighted by atomic mass is 9.75. The largest absolute Gasteiger partial charge is 0.390 e. The topological polar surface area (TPSA) is 50.7 Å². The fraction of sp³-hybridized carbons (Fsp3) is 0.150. The number of allylic oxidation sites excluding steroid dienone is 3. The first-order valence-electron chi connectivity index (χ1n) is 8.30. The zero-order chi connectivity index (χ0) is 16.7. The Bertz CT molecular complexity index is 1030. The van der Waals surface area contributed by atoms with Crippen LogP contribution in [0.15, 0.2) is 66.5 Å². The molecule has 25 heavy (non-hydrogen) atoms. The molecule has 3 aromatic rings. The molecule has 0 radical (unpaired) electrons. The van der Waals surface area contributed by atoms with Crippen LogP contribution < -0.4 is 5.32 Å². The number of thiophene rings is 1. The Morgan fingerprint density at radius 1 is 1.12 bits per heavy atom. The predicted octanol–water partition coefficient (Wildman–Crippen LogP) is 4.20. The highest BCUT2D eigenvalue weighted by Gasteiger charge is 2.36. The standard InChI is InChI=1S/C20H16N4S/c1-2-7-20(8-11-22-13-20)15(3-1)19-23-16-6-12-25-18(16)17(24-19)14-4-9-21-10-5-14/h1-6,8-12,22H,7,13H2. The predicted molar refractivity (Wildman–Crippen MR) is 102 cm³/mol. The molecular formula is C20H16N4S. The van der Waals surface area contributed by atoms with E-state index in [9.17, 15) is 0 Å². The second-order valence-electron chi connectivity index (χ2n) is 6.35. The van der Waals surface area contributed by atoms with Crippen LogP contribution in [0.2, 0.25) is 0 Å². The van der Waals surface area contributed by atoms with Gasteiger partial charge in [0.15, 0.2) is 5.82 Å².